The molecule has 1 unspecified atom stereocenters. The first-order valence-electron chi connectivity index (χ1n) is 11.1. The minimum absolute atomic E-state index is 0.111. The van der Waals surface area contributed by atoms with Gasteiger partial charge >= 0.3 is 0 Å². The van der Waals surface area contributed by atoms with Gasteiger partial charge in [0.15, 0.2) is 0 Å². The van der Waals surface area contributed by atoms with Crippen LogP contribution in [0.4, 0.5) is 11.4 Å². The zero-order valence-electron chi connectivity index (χ0n) is 19.2. The number of nitrogens with one attached hydrogen (secondary N) is 2. The molecular weight excluding hydrogens is 430 g/mol. The Morgan fingerprint density at radius 2 is 1.79 bits per heavy atom. The van der Waals surface area contributed by atoms with E-state index in [9.17, 15) is 14.4 Å². The monoisotopic (exact) mass is 457 g/mol. The number of aryl methyl sites for hydroxylation is 1. The van der Waals surface area contributed by atoms with Crippen LogP contribution in [0.15, 0.2) is 72.8 Å². The number of ether oxygens (including phenoxy) is 1. The first-order valence-corrected chi connectivity index (χ1v) is 11.1. The molecule has 4 rings (SSSR count). The Bertz CT molecular complexity index is 1210. The predicted octanol–water partition coefficient (Wildman–Crippen LogP) is 3.93. The number of hydrogen-bond donors (Lipinski definition) is 2. The van der Waals surface area contributed by atoms with Crippen molar-refractivity contribution in [2.75, 3.05) is 23.9 Å². The first-order chi connectivity index (χ1) is 16.4. The van der Waals surface area contributed by atoms with E-state index in [-0.39, 0.29) is 30.7 Å². The van der Waals surface area contributed by atoms with E-state index in [4.69, 9.17) is 4.74 Å². The van der Waals surface area contributed by atoms with Gasteiger partial charge in [-0.15, -0.1) is 0 Å². The van der Waals surface area contributed by atoms with Crippen molar-refractivity contribution in [1.29, 1.82) is 0 Å². The molecule has 174 valence electrons. The van der Waals surface area contributed by atoms with E-state index < -0.39 is 5.92 Å². The summed E-state index contributed by atoms with van der Waals surface area (Å²) in [6.07, 6.45) is 0.111. The van der Waals surface area contributed by atoms with Gasteiger partial charge in [-0.1, -0.05) is 42.0 Å². The fourth-order valence-corrected chi connectivity index (χ4v) is 4.02. The molecule has 34 heavy (non-hydrogen) atoms. The van der Waals surface area contributed by atoms with Crippen molar-refractivity contribution in [1.82, 2.24) is 5.32 Å². The summed E-state index contributed by atoms with van der Waals surface area (Å²) in [6, 6.07) is 21.9. The number of nitrogens with zero attached hydrogens (tertiary/aromatic N) is 1. The Morgan fingerprint density at radius 3 is 2.53 bits per heavy atom. The van der Waals surface area contributed by atoms with Gasteiger partial charge in [0.05, 0.1) is 24.3 Å². The zero-order valence-corrected chi connectivity index (χ0v) is 19.2. The summed E-state index contributed by atoms with van der Waals surface area (Å²) < 4.78 is 5.16. The van der Waals surface area contributed by atoms with E-state index in [0.717, 1.165) is 16.8 Å². The highest BCUT2D eigenvalue weighted by atomic mass is 16.5. The average Bonchev–Trinajstić information content (AvgIpc) is 3.24. The molecule has 0 spiro atoms. The van der Waals surface area contributed by atoms with Crippen LogP contribution in [0.1, 0.15) is 27.9 Å². The van der Waals surface area contributed by atoms with Crippen LogP contribution in [-0.4, -0.2) is 31.4 Å². The summed E-state index contributed by atoms with van der Waals surface area (Å²) in [6.45, 7) is 2.66. The van der Waals surface area contributed by atoms with E-state index >= 15 is 0 Å². The van der Waals surface area contributed by atoms with Crippen LogP contribution < -0.4 is 20.3 Å². The second kappa shape index (κ2) is 10.2. The van der Waals surface area contributed by atoms with Gasteiger partial charge in [0.2, 0.25) is 11.8 Å². The smallest absolute Gasteiger partial charge is 0.253 e. The van der Waals surface area contributed by atoms with Gasteiger partial charge in [0, 0.05) is 25.2 Å². The quantitative estimate of drug-likeness (QED) is 0.563. The van der Waals surface area contributed by atoms with Crippen molar-refractivity contribution in [3.05, 3.63) is 89.5 Å². The van der Waals surface area contributed by atoms with E-state index in [0.29, 0.717) is 23.5 Å². The number of carbonyl (C=O) groups is 3. The lowest BCUT2D eigenvalue weighted by Crippen LogP contribution is -2.29. The third kappa shape index (κ3) is 5.26. The van der Waals surface area contributed by atoms with E-state index in [1.54, 1.807) is 60.5 Å². The molecule has 3 aromatic rings. The van der Waals surface area contributed by atoms with E-state index in [1.165, 1.54) is 0 Å². The lowest BCUT2D eigenvalue weighted by molar-refractivity contribution is -0.122. The maximum atomic E-state index is 13.0. The van der Waals surface area contributed by atoms with Gasteiger partial charge in [-0.3, -0.25) is 14.4 Å². The van der Waals surface area contributed by atoms with Gasteiger partial charge in [-0.25, -0.2) is 0 Å². The Balaban J connectivity index is 1.41. The van der Waals surface area contributed by atoms with Crippen LogP contribution in [0.25, 0.3) is 0 Å². The summed E-state index contributed by atoms with van der Waals surface area (Å²) >= 11 is 0. The largest absolute Gasteiger partial charge is 0.497 e. The highest BCUT2D eigenvalue weighted by Gasteiger charge is 2.35. The van der Waals surface area contributed by atoms with E-state index in [1.807, 2.05) is 31.2 Å². The molecule has 1 atom stereocenters. The standard InChI is InChI=1S/C27H27N3O4/c1-18-6-5-7-19(14-18)16-28-27(33)23-8-3-4-9-24(23)29-26(32)20-15-25(31)30(17-20)21-10-12-22(34-2)13-11-21/h3-14,20H,15-17H2,1-2H3,(H,28,33)(H,29,32). The van der Waals surface area contributed by atoms with Crippen molar-refractivity contribution < 1.29 is 19.1 Å². The fraction of sp³-hybridized carbons (Fsp3) is 0.222. The second-order valence-corrected chi connectivity index (χ2v) is 8.31. The lowest BCUT2D eigenvalue weighted by Gasteiger charge is -2.17. The number of amides is 3. The minimum atomic E-state index is -0.516. The lowest BCUT2D eigenvalue weighted by atomic mass is 10.1. The molecule has 1 heterocycles. The van der Waals surface area contributed by atoms with Crippen LogP contribution in [-0.2, 0) is 16.1 Å². The van der Waals surface area contributed by atoms with Gasteiger partial charge in [-0.2, -0.15) is 0 Å². The molecule has 0 aromatic heterocycles. The highest BCUT2D eigenvalue weighted by Crippen LogP contribution is 2.28. The topological polar surface area (TPSA) is 87.7 Å². The van der Waals surface area contributed by atoms with Crippen LogP contribution in [0.3, 0.4) is 0 Å². The van der Waals surface area contributed by atoms with Crippen LogP contribution >= 0.6 is 0 Å². The summed E-state index contributed by atoms with van der Waals surface area (Å²) in [7, 11) is 1.58. The number of rotatable bonds is 7. The minimum Gasteiger partial charge on any atom is -0.497 e. The van der Waals surface area contributed by atoms with Crippen LogP contribution in [0, 0.1) is 12.8 Å². The molecule has 1 aliphatic heterocycles. The highest BCUT2D eigenvalue weighted by molar-refractivity contribution is 6.07. The molecule has 0 bridgehead atoms. The maximum Gasteiger partial charge on any atom is 0.253 e. The number of benzene rings is 3. The molecule has 3 amide bonds. The summed E-state index contributed by atoms with van der Waals surface area (Å²) in [5.74, 6) is -0.502. The Hall–Kier alpha value is -4.13. The molecule has 1 fully saturated rings. The predicted molar refractivity (Wildman–Crippen MR) is 131 cm³/mol. The SMILES string of the molecule is COc1ccc(N2CC(C(=O)Nc3ccccc3C(=O)NCc3cccc(C)c3)CC2=O)cc1. The van der Waals surface area contributed by atoms with Gasteiger partial charge in [0.25, 0.3) is 5.91 Å². The van der Waals surface area contributed by atoms with Gasteiger partial charge in [-0.05, 0) is 48.9 Å². The van der Waals surface area contributed by atoms with E-state index in [2.05, 4.69) is 10.6 Å². The Kier molecular flexibility index (Phi) is 6.92. The Labute approximate surface area is 198 Å². The number of methoxy groups -OCH3 is 1. The molecule has 0 saturated carbocycles. The third-order valence-corrected chi connectivity index (χ3v) is 5.85. The summed E-state index contributed by atoms with van der Waals surface area (Å²) in [5, 5.41) is 5.76. The second-order valence-electron chi connectivity index (χ2n) is 8.31. The average molecular weight is 458 g/mol. The molecule has 1 saturated heterocycles. The summed E-state index contributed by atoms with van der Waals surface area (Å²) in [4.78, 5) is 40.0. The van der Waals surface area contributed by atoms with Crippen LogP contribution in [0.2, 0.25) is 0 Å². The summed E-state index contributed by atoms with van der Waals surface area (Å²) in [5.41, 5.74) is 3.63. The maximum absolute atomic E-state index is 13.0. The molecular formula is C27H27N3O4. The molecule has 0 aliphatic carbocycles. The first kappa shape index (κ1) is 23.0. The fourth-order valence-electron chi connectivity index (χ4n) is 4.02. The molecule has 2 N–H and O–H groups in total. The Morgan fingerprint density at radius 1 is 1.03 bits per heavy atom. The number of para-hydroxylation sites is 1. The molecule has 7 nitrogen and oxygen atoms in total. The normalized spacial score (nSPS) is 15.2. The van der Waals surface area contributed by atoms with Crippen molar-refractivity contribution in [2.45, 2.75) is 19.9 Å². The van der Waals surface area contributed by atoms with Gasteiger partial charge < -0.3 is 20.3 Å². The zero-order chi connectivity index (χ0) is 24.1. The van der Waals surface area contributed by atoms with Crippen molar-refractivity contribution >= 4 is 29.1 Å². The number of hydrogen-bond acceptors (Lipinski definition) is 4. The van der Waals surface area contributed by atoms with Gasteiger partial charge in [0.1, 0.15) is 5.75 Å². The number of anilines is 2. The van der Waals surface area contributed by atoms with Crippen molar-refractivity contribution in [2.24, 2.45) is 5.92 Å². The molecule has 1 aliphatic rings. The molecule has 3 aromatic carbocycles. The molecule has 0 radical (unpaired) electrons. The van der Waals surface area contributed by atoms with Crippen molar-refractivity contribution in [3.63, 3.8) is 0 Å². The van der Waals surface area contributed by atoms with Crippen molar-refractivity contribution in [3.8, 4) is 5.75 Å². The molecule has 7 heteroatoms. The third-order valence-electron chi connectivity index (χ3n) is 5.85. The van der Waals surface area contributed by atoms with Crippen LogP contribution in [0.5, 0.6) is 5.75 Å². The number of carbonyl (C=O) groups excluding carboxylic acids is 3.